The third-order valence-corrected chi connectivity index (χ3v) is 16.8. The summed E-state index contributed by atoms with van der Waals surface area (Å²) < 4.78 is 15.2. The van der Waals surface area contributed by atoms with Crippen LogP contribution in [0.1, 0.15) is 126 Å². The van der Waals surface area contributed by atoms with Crippen LogP contribution in [0.4, 0.5) is 26.3 Å². The first kappa shape index (κ1) is 65.5. The minimum absolute atomic E-state index is 0. The first-order valence-corrected chi connectivity index (χ1v) is 31.3. The molecule has 4 aromatic heterocycles. The zero-order valence-corrected chi connectivity index (χ0v) is 52.6. The number of anilines is 2. The van der Waals surface area contributed by atoms with Gasteiger partial charge >= 0.3 is 18.3 Å². The number of likely N-dealkylation sites (tertiary alicyclic amines) is 1. The number of ether oxygens (including phenoxy) is 3. The number of H-pyrrole nitrogens is 2. The normalized spacial score (nSPS) is 19.9. The van der Waals surface area contributed by atoms with Gasteiger partial charge in [-0.05, 0) is 156 Å². The third-order valence-electron chi connectivity index (χ3n) is 15.9. The summed E-state index contributed by atoms with van der Waals surface area (Å²) in [5.41, 5.74) is 4.11. The lowest BCUT2D eigenvalue weighted by molar-refractivity contribution is 0.00396. The Morgan fingerprint density at radius 2 is 1.07 bits per heavy atom. The maximum absolute atomic E-state index is 13.6. The molecular weight excluding hydrogens is 1190 g/mol. The van der Waals surface area contributed by atoms with Crippen LogP contribution < -0.4 is 16.0 Å². The Kier molecular flexibility index (Phi) is 22.3. The first-order chi connectivity index (χ1) is 40.0. The van der Waals surface area contributed by atoms with Gasteiger partial charge in [0.25, 0.3) is 0 Å². The Balaban J connectivity index is 0.000000222. The van der Waals surface area contributed by atoms with E-state index in [2.05, 4.69) is 42.0 Å². The number of hydrogen-bond acceptors (Lipinski definition) is 13. The number of fused-ring (bicyclic) bond motifs is 2. The molecule has 0 spiro atoms. The standard InChI is InChI=1S/C32H40Cl4N6O4.C29H39ClN6O2.CH4/c1-31(2,3)46-30(44)42(18-20-11-13-41(14-12-20)29(43)45-19-32(34,35)36)22-8-6-7-21(15-22)39-28-38-17-25(33)27(40-28)24-16-37-26-10-5-4-9-23(24)26;1-29(2,3)38-28(37)36(18-19-11-13-31-14-12-19)21-8-6-7-20(15-21)34-27-33-17-24(30)26(35-27)23-16-32-25-10-5-4-9-22(23)25;/h4-5,9-10,16-17,20-22,37H,6-8,11-15,18-19H2,1-3H3,(H,38,39,40);4-5,9-10,16-17,19-21,31-32H,6-8,11-15,18H2,1-3H3,(H,33,34,35);1H4/t21-,22+;20-,21+;/m11./s1. The fraction of sp³-hybridized carbons (Fsp3) is 0.565. The van der Waals surface area contributed by atoms with Crippen molar-refractivity contribution in [2.75, 3.05) is 56.5 Å². The van der Waals surface area contributed by atoms with Crippen molar-refractivity contribution in [1.29, 1.82) is 0 Å². The van der Waals surface area contributed by atoms with Gasteiger partial charge in [0.1, 0.15) is 17.8 Å². The van der Waals surface area contributed by atoms with Crippen LogP contribution in [-0.4, -0.2) is 148 Å². The molecule has 85 heavy (non-hydrogen) atoms. The molecule has 4 atom stereocenters. The monoisotopic (exact) mass is 1270 g/mol. The quantitative estimate of drug-likeness (QED) is 0.0539. The van der Waals surface area contributed by atoms with Crippen molar-refractivity contribution in [3.63, 3.8) is 0 Å². The van der Waals surface area contributed by atoms with Crippen molar-refractivity contribution < 1.29 is 28.6 Å². The third kappa shape index (κ3) is 18.3. The van der Waals surface area contributed by atoms with Gasteiger partial charge in [-0.3, -0.25) is 0 Å². The van der Waals surface area contributed by atoms with Crippen LogP contribution in [0.25, 0.3) is 44.3 Å². The van der Waals surface area contributed by atoms with E-state index in [0.29, 0.717) is 71.7 Å². The van der Waals surface area contributed by atoms with Crippen molar-refractivity contribution in [2.45, 2.75) is 165 Å². The van der Waals surface area contributed by atoms with Crippen LogP contribution in [0.5, 0.6) is 0 Å². The van der Waals surface area contributed by atoms with E-state index in [1.54, 1.807) is 17.3 Å². The van der Waals surface area contributed by atoms with Gasteiger partial charge in [0.05, 0.1) is 33.8 Å². The Morgan fingerprint density at radius 1 is 0.635 bits per heavy atom. The average molecular weight is 1270 g/mol. The van der Waals surface area contributed by atoms with E-state index in [9.17, 15) is 14.4 Å². The molecule has 0 bridgehead atoms. The maximum Gasteiger partial charge on any atom is 0.410 e. The lowest BCUT2D eigenvalue weighted by Crippen LogP contribution is -2.50. The average Bonchev–Trinajstić information content (AvgIpc) is 4.24. The second kappa shape index (κ2) is 29.0. The molecule has 4 fully saturated rings. The molecule has 462 valence electrons. The van der Waals surface area contributed by atoms with Crippen LogP contribution in [0.15, 0.2) is 73.3 Å². The minimum atomic E-state index is -1.66. The number of nitrogens with one attached hydrogen (secondary N) is 5. The van der Waals surface area contributed by atoms with Crippen LogP contribution in [-0.2, 0) is 14.2 Å². The summed E-state index contributed by atoms with van der Waals surface area (Å²) in [5, 5.41) is 13.6. The molecule has 6 heterocycles. The van der Waals surface area contributed by atoms with E-state index in [1.165, 1.54) is 0 Å². The van der Waals surface area contributed by atoms with Gasteiger partial charge in [-0.25, -0.2) is 34.3 Å². The van der Waals surface area contributed by atoms with Crippen molar-refractivity contribution in [3.05, 3.63) is 83.4 Å². The summed E-state index contributed by atoms with van der Waals surface area (Å²) in [6.07, 6.45) is 17.0. The number of amides is 3. The van der Waals surface area contributed by atoms with Gasteiger partial charge in [-0.2, -0.15) is 0 Å². The number of alkyl halides is 3. The Hall–Kier alpha value is -5.50. The number of nitrogens with zero attached hydrogens (tertiary/aromatic N) is 7. The number of carbonyl (C=O) groups is 3. The predicted octanol–water partition coefficient (Wildman–Crippen LogP) is 15.3. The molecule has 18 nitrogen and oxygen atoms in total. The van der Waals surface area contributed by atoms with Crippen molar-refractivity contribution >= 4 is 110 Å². The molecule has 2 aliphatic carbocycles. The van der Waals surface area contributed by atoms with Crippen LogP contribution >= 0.6 is 58.0 Å². The number of carbonyl (C=O) groups excluding carboxylic acids is 3. The summed E-state index contributed by atoms with van der Waals surface area (Å²) in [4.78, 5) is 70.1. The van der Waals surface area contributed by atoms with Gasteiger partial charge in [0.15, 0.2) is 0 Å². The van der Waals surface area contributed by atoms with Gasteiger partial charge in [-0.15, -0.1) is 0 Å². The molecule has 0 radical (unpaired) electrons. The van der Waals surface area contributed by atoms with Gasteiger partial charge < -0.3 is 54.8 Å². The highest BCUT2D eigenvalue weighted by molar-refractivity contribution is 6.67. The largest absolute Gasteiger partial charge is 0.445 e. The summed E-state index contributed by atoms with van der Waals surface area (Å²) in [6, 6.07) is 16.4. The number of para-hydroxylation sites is 2. The number of hydrogen-bond donors (Lipinski definition) is 5. The Bertz CT molecular complexity index is 3180. The predicted molar refractivity (Wildman–Crippen MR) is 342 cm³/mol. The molecule has 6 aromatic rings. The molecule has 23 heteroatoms. The number of aromatic amines is 2. The fourth-order valence-electron chi connectivity index (χ4n) is 11.8. The van der Waals surface area contributed by atoms with Crippen molar-refractivity contribution in [3.8, 4) is 22.5 Å². The molecule has 3 amide bonds. The zero-order chi connectivity index (χ0) is 59.8. The zero-order valence-electron chi connectivity index (χ0n) is 48.8. The highest BCUT2D eigenvalue weighted by atomic mass is 35.6. The van der Waals surface area contributed by atoms with Gasteiger partial charge in [0.2, 0.25) is 15.7 Å². The number of halogens is 5. The van der Waals surface area contributed by atoms with Gasteiger partial charge in [0, 0.05) is 95.7 Å². The van der Waals surface area contributed by atoms with Crippen LogP contribution in [0, 0.1) is 11.8 Å². The van der Waals surface area contributed by atoms with Crippen LogP contribution in [0.3, 0.4) is 0 Å². The summed E-state index contributed by atoms with van der Waals surface area (Å²) in [5.74, 6) is 1.74. The molecule has 2 aliphatic heterocycles. The topological polar surface area (TPSA) is 208 Å². The van der Waals surface area contributed by atoms with E-state index in [0.717, 1.165) is 117 Å². The van der Waals surface area contributed by atoms with E-state index in [-0.39, 0.29) is 56.3 Å². The molecule has 5 N–H and O–H groups in total. The summed E-state index contributed by atoms with van der Waals surface area (Å²) in [6.45, 7) is 15.4. The molecule has 2 aromatic carbocycles. The minimum Gasteiger partial charge on any atom is -0.445 e. The lowest BCUT2D eigenvalue weighted by atomic mass is 9.88. The molecular formula is C62H83Cl5N12O6. The second-order valence-electron chi connectivity index (χ2n) is 24.7. The lowest BCUT2D eigenvalue weighted by Gasteiger charge is -2.41. The van der Waals surface area contributed by atoms with Crippen molar-refractivity contribution in [1.82, 2.24) is 49.9 Å². The van der Waals surface area contributed by atoms with E-state index in [4.69, 9.17) is 82.2 Å². The summed E-state index contributed by atoms with van der Waals surface area (Å²) in [7, 11) is 0. The first-order valence-electron chi connectivity index (χ1n) is 29.4. The molecule has 2 saturated heterocycles. The SMILES string of the molecule is C.CC(C)(C)OC(=O)N(CC1CCN(C(=O)OCC(Cl)(Cl)Cl)CC1)[C@H]1CCC[C@@H](Nc2ncc(Cl)c(-c3c[nH]c4ccccc34)n2)C1.CC(C)(C)OC(=O)N(CC1CCNCC1)[C@H]1CCC[C@@H](Nc2ncc(Cl)c(-c3c[nH]c4ccccc34)n2)C1. The molecule has 0 unspecified atom stereocenters. The van der Waals surface area contributed by atoms with Crippen molar-refractivity contribution in [2.24, 2.45) is 11.8 Å². The molecule has 4 aliphatic rings. The second-order valence-corrected chi connectivity index (χ2v) is 28.0. The molecule has 2 saturated carbocycles. The number of piperidine rings is 2. The number of aromatic nitrogens is 6. The maximum atomic E-state index is 13.6. The Morgan fingerprint density at radius 3 is 1.51 bits per heavy atom. The van der Waals surface area contributed by atoms with E-state index in [1.807, 2.05) is 106 Å². The number of rotatable bonds is 13. The fourth-order valence-corrected chi connectivity index (χ4v) is 12.4. The highest BCUT2D eigenvalue weighted by Crippen LogP contribution is 2.37. The van der Waals surface area contributed by atoms with Crippen LogP contribution in [0.2, 0.25) is 10.0 Å². The smallest absolute Gasteiger partial charge is 0.410 e. The summed E-state index contributed by atoms with van der Waals surface area (Å²) >= 11 is 30.3. The van der Waals surface area contributed by atoms with E-state index < -0.39 is 21.1 Å². The molecule has 10 rings (SSSR count). The number of benzene rings is 2. The highest BCUT2D eigenvalue weighted by Gasteiger charge is 2.38. The Labute approximate surface area is 524 Å². The van der Waals surface area contributed by atoms with E-state index >= 15 is 0 Å². The van der Waals surface area contributed by atoms with Gasteiger partial charge in [-0.1, -0.05) is 102 Å².